The molecule has 96 valence electrons. The summed E-state index contributed by atoms with van der Waals surface area (Å²) in [7, 11) is 1.89. The van der Waals surface area contributed by atoms with Gasteiger partial charge in [0.15, 0.2) is 0 Å². The Morgan fingerprint density at radius 2 is 2.00 bits per heavy atom. The van der Waals surface area contributed by atoms with Crippen molar-refractivity contribution in [2.24, 2.45) is 7.05 Å². The van der Waals surface area contributed by atoms with Crippen molar-refractivity contribution in [3.05, 3.63) is 30.3 Å². The maximum absolute atomic E-state index is 6.12. The molecule has 4 heteroatoms. The molecule has 3 nitrogen and oxygen atoms in total. The van der Waals surface area contributed by atoms with Crippen molar-refractivity contribution in [3.63, 3.8) is 0 Å². The van der Waals surface area contributed by atoms with Gasteiger partial charge in [-0.25, -0.2) is 0 Å². The van der Waals surface area contributed by atoms with Gasteiger partial charge in [0.05, 0.1) is 4.90 Å². The van der Waals surface area contributed by atoms with E-state index in [1.54, 1.807) is 16.4 Å². The normalized spacial score (nSPS) is 12.6. The van der Waals surface area contributed by atoms with Crippen molar-refractivity contribution in [2.45, 2.75) is 30.4 Å². The van der Waals surface area contributed by atoms with Crippen LogP contribution in [-0.2, 0) is 7.05 Å². The molecule has 0 saturated carbocycles. The molecular weight excluding hydrogens is 242 g/mol. The van der Waals surface area contributed by atoms with Crippen LogP contribution in [0.5, 0.6) is 0 Å². The zero-order valence-electron chi connectivity index (χ0n) is 11.1. The van der Waals surface area contributed by atoms with Crippen molar-refractivity contribution in [3.8, 4) is 11.3 Å². The number of hydrogen-bond acceptors (Lipinski definition) is 3. The van der Waals surface area contributed by atoms with Crippen molar-refractivity contribution in [1.29, 1.82) is 0 Å². The van der Waals surface area contributed by atoms with E-state index in [4.69, 9.17) is 5.73 Å². The van der Waals surface area contributed by atoms with Crippen LogP contribution in [0.15, 0.2) is 35.2 Å². The van der Waals surface area contributed by atoms with Gasteiger partial charge in [0.1, 0.15) is 11.5 Å². The Kier molecular flexibility index (Phi) is 3.97. The second-order valence-corrected chi connectivity index (χ2v) is 5.84. The first kappa shape index (κ1) is 13.0. The molecule has 1 heterocycles. The van der Waals surface area contributed by atoms with E-state index in [1.165, 1.54) is 0 Å². The lowest BCUT2D eigenvalue weighted by atomic mass is 10.1. The number of hydrogen-bond donors (Lipinski definition) is 1. The molecule has 0 aliphatic rings. The predicted molar refractivity (Wildman–Crippen MR) is 78.7 cm³/mol. The van der Waals surface area contributed by atoms with Crippen LogP contribution >= 0.6 is 11.8 Å². The molecule has 1 atom stereocenters. The molecule has 0 aliphatic heterocycles. The molecule has 0 amide bonds. The standard InChI is InChI=1S/C14H19N3S/c1-4-10(2)18-13-12(16-17(3)14(13)15)11-8-6-5-7-9-11/h5-10H,4,15H2,1-3H3. The fraction of sp³-hybridized carbons (Fsp3) is 0.357. The number of rotatable bonds is 4. The molecule has 2 aromatic rings. The van der Waals surface area contributed by atoms with Crippen LogP contribution in [0.3, 0.4) is 0 Å². The Morgan fingerprint density at radius 1 is 1.33 bits per heavy atom. The summed E-state index contributed by atoms with van der Waals surface area (Å²) in [6.45, 7) is 4.40. The molecule has 0 radical (unpaired) electrons. The summed E-state index contributed by atoms with van der Waals surface area (Å²) in [4.78, 5) is 1.10. The first-order valence-electron chi connectivity index (χ1n) is 6.18. The van der Waals surface area contributed by atoms with Gasteiger partial charge in [-0.2, -0.15) is 5.10 Å². The quantitative estimate of drug-likeness (QED) is 0.856. The molecule has 2 rings (SSSR count). The number of anilines is 1. The van der Waals surface area contributed by atoms with Crippen LogP contribution < -0.4 is 5.73 Å². The molecule has 1 aromatic heterocycles. The predicted octanol–water partition coefficient (Wildman–Crippen LogP) is 3.56. The second kappa shape index (κ2) is 5.48. The zero-order chi connectivity index (χ0) is 13.1. The summed E-state index contributed by atoms with van der Waals surface area (Å²) >= 11 is 1.80. The first-order chi connectivity index (χ1) is 8.63. The smallest absolute Gasteiger partial charge is 0.135 e. The molecule has 0 aliphatic carbocycles. The Balaban J connectivity index is 2.44. The van der Waals surface area contributed by atoms with Crippen LogP contribution in [0.2, 0.25) is 0 Å². The van der Waals surface area contributed by atoms with Gasteiger partial charge in [-0.15, -0.1) is 11.8 Å². The summed E-state index contributed by atoms with van der Waals surface area (Å²) in [5.41, 5.74) is 8.23. The Bertz CT molecular complexity index is 519. The summed E-state index contributed by atoms with van der Waals surface area (Å²) in [6.07, 6.45) is 1.12. The minimum absolute atomic E-state index is 0.541. The molecule has 0 fully saturated rings. The van der Waals surface area contributed by atoms with Crippen LogP contribution in [0.1, 0.15) is 20.3 Å². The first-order valence-corrected chi connectivity index (χ1v) is 7.06. The van der Waals surface area contributed by atoms with Gasteiger partial charge in [-0.3, -0.25) is 4.68 Å². The lowest BCUT2D eigenvalue weighted by Crippen LogP contribution is -1.99. The van der Waals surface area contributed by atoms with Gasteiger partial charge in [-0.1, -0.05) is 44.2 Å². The molecular formula is C14H19N3S. The van der Waals surface area contributed by atoms with E-state index in [0.717, 1.165) is 28.4 Å². The fourth-order valence-corrected chi connectivity index (χ4v) is 2.80. The fourth-order valence-electron chi connectivity index (χ4n) is 1.70. The molecule has 1 unspecified atom stereocenters. The van der Waals surface area contributed by atoms with E-state index in [9.17, 15) is 0 Å². The largest absolute Gasteiger partial charge is 0.383 e. The Hall–Kier alpha value is -1.42. The highest BCUT2D eigenvalue weighted by Crippen LogP contribution is 2.37. The van der Waals surface area contributed by atoms with Crippen LogP contribution in [0.4, 0.5) is 5.82 Å². The SMILES string of the molecule is CCC(C)Sc1c(-c2ccccc2)nn(C)c1N. The highest BCUT2D eigenvalue weighted by Gasteiger charge is 2.17. The van der Waals surface area contributed by atoms with E-state index >= 15 is 0 Å². The Labute approximate surface area is 112 Å². The molecule has 2 N–H and O–H groups in total. The van der Waals surface area contributed by atoms with Crippen LogP contribution in [-0.4, -0.2) is 15.0 Å². The number of nitrogen functional groups attached to an aromatic ring is 1. The van der Waals surface area contributed by atoms with Gasteiger partial charge >= 0.3 is 0 Å². The molecule has 0 saturated heterocycles. The van der Waals surface area contributed by atoms with Gasteiger partial charge in [0.25, 0.3) is 0 Å². The number of thioether (sulfide) groups is 1. The molecule has 0 bridgehead atoms. The molecule has 0 spiro atoms. The highest BCUT2D eigenvalue weighted by molar-refractivity contribution is 8.00. The van der Waals surface area contributed by atoms with E-state index in [2.05, 4.69) is 31.1 Å². The third-order valence-corrected chi connectivity index (χ3v) is 4.36. The topological polar surface area (TPSA) is 43.8 Å². The monoisotopic (exact) mass is 261 g/mol. The summed E-state index contributed by atoms with van der Waals surface area (Å²) < 4.78 is 1.76. The molecule has 18 heavy (non-hydrogen) atoms. The summed E-state index contributed by atoms with van der Waals surface area (Å²) in [5, 5.41) is 5.08. The lowest BCUT2D eigenvalue weighted by Gasteiger charge is -2.09. The van der Waals surface area contributed by atoms with Crippen LogP contribution in [0.25, 0.3) is 11.3 Å². The third-order valence-electron chi connectivity index (χ3n) is 2.99. The van der Waals surface area contributed by atoms with Gasteiger partial charge < -0.3 is 5.73 Å². The van der Waals surface area contributed by atoms with Crippen LogP contribution in [0, 0.1) is 0 Å². The van der Waals surface area contributed by atoms with E-state index < -0.39 is 0 Å². The second-order valence-electron chi connectivity index (χ2n) is 4.39. The number of nitrogens with two attached hydrogens (primary N) is 1. The maximum atomic E-state index is 6.12. The highest BCUT2D eigenvalue weighted by atomic mass is 32.2. The minimum Gasteiger partial charge on any atom is -0.383 e. The number of aryl methyl sites for hydroxylation is 1. The zero-order valence-corrected chi connectivity index (χ0v) is 11.9. The lowest BCUT2D eigenvalue weighted by molar-refractivity contribution is 0.781. The van der Waals surface area contributed by atoms with Crippen molar-refractivity contribution >= 4 is 17.6 Å². The maximum Gasteiger partial charge on any atom is 0.135 e. The minimum atomic E-state index is 0.541. The number of nitrogens with zero attached hydrogens (tertiary/aromatic N) is 2. The Morgan fingerprint density at radius 3 is 2.61 bits per heavy atom. The number of benzene rings is 1. The van der Waals surface area contributed by atoms with Crippen molar-refractivity contribution in [1.82, 2.24) is 9.78 Å². The summed E-state index contributed by atoms with van der Waals surface area (Å²) in [5.74, 6) is 0.749. The molecule has 1 aromatic carbocycles. The van der Waals surface area contributed by atoms with Gasteiger partial charge in [0.2, 0.25) is 0 Å². The summed E-state index contributed by atoms with van der Waals surface area (Å²) in [6, 6.07) is 10.2. The van der Waals surface area contributed by atoms with Crippen molar-refractivity contribution < 1.29 is 0 Å². The third kappa shape index (κ3) is 2.53. The van der Waals surface area contributed by atoms with Gasteiger partial charge in [0, 0.05) is 17.9 Å². The van der Waals surface area contributed by atoms with E-state index in [0.29, 0.717) is 5.25 Å². The number of aromatic nitrogens is 2. The average molecular weight is 261 g/mol. The average Bonchev–Trinajstić information content (AvgIpc) is 2.68. The van der Waals surface area contributed by atoms with Gasteiger partial charge in [-0.05, 0) is 6.42 Å². The van der Waals surface area contributed by atoms with E-state index in [-0.39, 0.29) is 0 Å². The van der Waals surface area contributed by atoms with Crippen molar-refractivity contribution in [2.75, 3.05) is 5.73 Å². The van der Waals surface area contributed by atoms with E-state index in [1.807, 2.05) is 25.2 Å².